The summed E-state index contributed by atoms with van der Waals surface area (Å²) < 4.78 is 5.62. The third-order valence-electron chi connectivity index (χ3n) is 11.3. The van der Waals surface area contributed by atoms with E-state index in [1.54, 1.807) is 12.5 Å². The van der Waals surface area contributed by atoms with E-state index in [1.165, 1.54) is 63.4 Å². The van der Waals surface area contributed by atoms with Crippen molar-refractivity contribution in [3.05, 3.63) is 23.8 Å². The molecule has 0 aromatic rings. The lowest BCUT2D eigenvalue weighted by Gasteiger charge is -2.58. The van der Waals surface area contributed by atoms with Crippen molar-refractivity contribution in [2.75, 3.05) is 0 Å². The van der Waals surface area contributed by atoms with Crippen LogP contribution in [0.15, 0.2) is 23.8 Å². The van der Waals surface area contributed by atoms with Crippen molar-refractivity contribution in [3.63, 3.8) is 0 Å². The van der Waals surface area contributed by atoms with E-state index in [0.29, 0.717) is 16.7 Å². The second-order valence-electron chi connectivity index (χ2n) is 13.0. The summed E-state index contributed by atoms with van der Waals surface area (Å²) in [6.07, 6.45) is 16.8. The molecule has 0 bridgehead atoms. The number of esters is 1. The molecule has 4 aliphatic rings. The van der Waals surface area contributed by atoms with E-state index < -0.39 is 0 Å². The van der Waals surface area contributed by atoms with Gasteiger partial charge in [-0.05, 0) is 117 Å². The Balaban J connectivity index is 1.46. The summed E-state index contributed by atoms with van der Waals surface area (Å²) in [6, 6.07) is 0. The van der Waals surface area contributed by atoms with Crippen LogP contribution in [-0.4, -0.2) is 12.1 Å². The van der Waals surface area contributed by atoms with Gasteiger partial charge in [0.1, 0.15) is 6.10 Å². The maximum Gasteiger partial charge on any atom is 0.302 e. The highest BCUT2D eigenvalue weighted by Gasteiger charge is 2.59. The molecule has 0 spiro atoms. The summed E-state index contributed by atoms with van der Waals surface area (Å²) in [7, 11) is 0. The van der Waals surface area contributed by atoms with Crippen molar-refractivity contribution in [2.45, 2.75) is 118 Å². The Kier molecular flexibility index (Phi) is 7.24. The van der Waals surface area contributed by atoms with Crippen molar-refractivity contribution < 1.29 is 9.53 Å². The van der Waals surface area contributed by atoms with E-state index in [0.717, 1.165) is 42.4 Å². The fraction of sp³-hybridized carbons (Fsp3) is 0.839. The SMILES string of the molecule is C=C(C)[C@H](CC)CC[C@@H](C)[C@H]1CC[C@H]2[C@@H]3CC=C4C[C@@H](OC(C)=O)CC[C@]4(C)[C@H]3CC[C@]12C. The van der Waals surface area contributed by atoms with Crippen molar-refractivity contribution in [1.82, 2.24) is 0 Å². The Morgan fingerprint density at radius 3 is 2.55 bits per heavy atom. The van der Waals surface area contributed by atoms with Crippen LogP contribution in [0, 0.1) is 46.3 Å². The van der Waals surface area contributed by atoms with Crippen LogP contribution in [0.25, 0.3) is 0 Å². The molecule has 0 aromatic carbocycles. The molecule has 0 N–H and O–H groups in total. The second-order valence-corrected chi connectivity index (χ2v) is 13.0. The number of rotatable bonds is 7. The zero-order chi connectivity index (χ0) is 24.0. The summed E-state index contributed by atoms with van der Waals surface area (Å²) in [4.78, 5) is 11.5. The van der Waals surface area contributed by atoms with Gasteiger partial charge in [-0.25, -0.2) is 0 Å². The lowest BCUT2D eigenvalue weighted by molar-refractivity contribution is -0.148. The highest BCUT2D eigenvalue weighted by molar-refractivity contribution is 5.66. The van der Waals surface area contributed by atoms with Gasteiger partial charge in [0, 0.05) is 13.3 Å². The maximum atomic E-state index is 11.5. The molecule has 0 heterocycles. The Morgan fingerprint density at radius 1 is 1.12 bits per heavy atom. The highest BCUT2D eigenvalue weighted by atomic mass is 16.5. The predicted octanol–water partition coefficient (Wildman–Crippen LogP) is 8.52. The zero-order valence-electron chi connectivity index (χ0n) is 22.4. The first-order valence-corrected chi connectivity index (χ1v) is 14.1. The Bertz CT molecular complexity index is 780. The summed E-state index contributed by atoms with van der Waals surface area (Å²) >= 11 is 0. The average Bonchev–Trinajstić information content (AvgIpc) is 3.11. The molecule has 4 aliphatic carbocycles. The van der Waals surface area contributed by atoms with Crippen LogP contribution >= 0.6 is 0 Å². The van der Waals surface area contributed by atoms with E-state index in [2.05, 4.69) is 47.3 Å². The van der Waals surface area contributed by atoms with Gasteiger partial charge in [-0.2, -0.15) is 0 Å². The molecule has 0 aromatic heterocycles. The molecule has 0 saturated heterocycles. The molecule has 0 amide bonds. The van der Waals surface area contributed by atoms with Gasteiger partial charge in [0.15, 0.2) is 0 Å². The van der Waals surface area contributed by atoms with E-state index in [9.17, 15) is 4.79 Å². The Morgan fingerprint density at radius 2 is 1.88 bits per heavy atom. The van der Waals surface area contributed by atoms with Crippen molar-refractivity contribution in [2.24, 2.45) is 46.3 Å². The average molecular weight is 455 g/mol. The zero-order valence-corrected chi connectivity index (χ0v) is 22.4. The molecule has 186 valence electrons. The Labute approximate surface area is 204 Å². The first-order chi connectivity index (χ1) is 15.6. The van der Waals surface area contributed by atoms with Crippen molar-refractivity contribution in [3.8, 4) is 0 Å². The Hall–Kier alpha value is -1.05. The number of fused-ring (bicyclic) bond motifs is 5. The predicted molar refractivity (Wildman–Crippen MR) is 138 cm³/mol. The highest BCUT2D eigenvalue weighted by Crippen LogP contribution is 2.67. The number of allylic oxidation sites excluding steroid dienone is 2. The van der Waals surface area contributed by atoms with E-state index in [1.807, 2.05) is 0 Å². The molecule has 2 nitrogen and oxygen atoms in total. The van der Waals surface area contributed by atoms with Crippen molar-refractivity contribution >= 4 is 5.97 Å². The third-order valence-corrected chi connectivity index (χ3v) is 11.3. The smallest absolute Gasteiger partial charge is 0.302 e. The summed E-state index contributed by atoms with van der Waals surface area (Å²) in [5, 5.41) is 0. The first kappa shape index (κ1) is 25.1. The molecular formula is C31H50O2. The summed E-state index contributed by atoms with van der Waals surface area (Å²) in [5.74, 6) is 4.89. The van der Waals surface area contributed by atoms with Crippen LogP contribution in [0.4, 0.5) is 0 Å². The molecule has 0 unspecified atom stereocenters. The van der Waals surface area contributed by atoms with Crippen LogP contribution in [0.5, 0.6) is 0 Å². The molecular weight excluding hydrogens is 404 g/mol. The second kappa shape index (κ2) is 9.54. The maximum absolute atomic E-state index is 11.5. The molecule has 3 fully saturated rings. The fourth-order valence-electron chi connectivity index (χ4n) is 9.40. The van der Waals surface area contributed by atoms with Crippen LogP contribution < -0.4 is 0 Å². The molecule has 0 aliphatic heterocycles. The van der Waals surface area contributed by atoms with Gasteiger partial charge in [0.25, 0.3) is 0 Å². The third kappa shape index (κ3) is 4.50. The van der Waals surface area contributed by atoms with Crippen LogP contribution in [0.2, 0.25) is 0 Å². The van der Waals surface area contributed by atoms with Gasteiger partial charge in [-0.15, -0.1) is 0 Å². The lowest BCUT2D eigenvalue weighted by atomic mass is 9.47. The minimum Gasteiger partial charge on any atom is -0.462 e. The fourth-order valence-corrected chi connectivity index (χ4v) is 9.40. The van der Waals surface area contributed by atoms with Gasteiger partial charge in [0.2, 0.25) is 0 Å². The molecule has 0 radical (unpaired) electrons. The standard InChI is InChI=1S/C31H50O2/c1-8-23(20(2)3)10-9-21(4)27-13-14-28-26-12-11-24-19-25(33-22(5)32)15-17-30(24,6)29(26)16-18-31(27,28)7/h11,21,23,25-29H,2,8-10,12-19H2,1,3-7H3/t21-,23-,25+,26+,27-,28+,29+,30+,31-/m1/s1. The molecule has 2 heteroatoms. The number of hydrogen-bond acceptors (Lipinski definition) is 2. The lowest BCUT2D eigenvalue weighted by Crippen LogP contribution is -2.51. The quantitative estimate of drug-likeness (QED) is 0.284. The van der Waals surface area contributed by atoms with Crippen LogP contribution in [-0.2, 0) is 9.53 Å². The largest absolute Gasteiger partial charge is 0.462 e. The number of hydrogen-bond donors (Lipinski definition) is 0. The minimum atomic E-state index is -0.119. The summed E-state index contributed by atoms with van der Waals surface area (Å²) in [5.41, 5.74) is 3.85. The van der Waals surface area contributed by atoms with Crippen molar-refractivity contribution in [1.29, 1.82) is 0 Å². The van der Waals surface area contributed by atoms with Gasteiger partial charge in [-0.1, -0.05) is 51.5 Å². The topological polar surface area (TPSA) is 26.3 Å². The van der Waals surface area contributed by atoms with Gasteiger partial charge < -0.3 is 4.74 Å². The first-order valence-electron chi connectivity index (χ1n) is 14.1. The van der Waals surface area contributed by atoms with E-state index >= 15 is 0 Å². The number of carbonyl (C=O) groups is 1. The number of ether oxygens (including phenoxy) is 1. The molecule has 4 rings (SSSR count). The van der Waals surface area contributed by atoms with Gasteiger partial charge >= 0.3 is 5.97 Å². The van der Waals surface area contributed by atoms with Crippen LogP contribution in [0.1, 0.15) is 112 Å². The monoisotopic (exact) mass is 454 g/mol. The summed E-state index contributed by atoms with van der Waals surface area (Å²) in [6.45, 7) is 18.1. The minimum absolute atomic E-state index is 0.107. The van der Waals surface area contributed by atoms with Gasteiger partial charge in [-0.3, -0.25) is 4.79 Å². The van der Waals surface area contributed by atoms with E-state index in [4.69, 9.17) is 4.74 Å². The number of carbonyl (C=O) groups excluding carboxylic acids is 1. The van der Waals surface area contributed by atoms with Crippen LogP contribution in [0.3, 0.4) is 0 Å². The molecule has 9 atom stereocenters. The molecule has 33 heavy (non-hydrogen) atoms. The molecule has 3 saturated carbocycles. The normalized spacial score (nSPS) is 41.8. The van der Waals surface area contributed by atoms with E-state index in [-0.39, 0.29) is 12.1 Å². The van der Waals surface area contributed by atoms with Gasteiger partial charge in [0.05, 0.1) is 0 Å².